The average Bonchev–Trinajstić information content (AvgIpc) is 2.51. The summed E-state index contributed by atoms with van der Waals surface area (Å²) < 4.78 is 1.75. The summed E-state index contributed by atoms with van der Waals surface area (Å²) >= 11 is 17.9. The van der Waals surface area contributed by atoms with E-state index in [9.17, 15) is 0 Å². The fourth-order valence-electron chi connectivity index (χ4n) is 1.55. The lowest BCUT2D eigenvalue weighted by Crippen LogP contribution is -2.00. The molecule has 0 radical (unpaired) electrons. The van der Waals surface area contributed by atoms with Crippen LogP contribution in [0, 0.1) is 13.8 Å². The van der Waals surface area contributed by atoms with Gasteiger partial charge in [0.1, 0.15) is 0 Å². The second-order valence-electron chi connectivity index (χ2n) is 3.56. The first kappa shape index (κ1) is 11.8. The molecule has 5 heteroatoms. The van der Waals surface area contributed by atoms with Crippen molar-refractivity contribution in [1.82, 2.24) is 9.78 Å². The van der Waals surface area contributed by atoms with Gasteiger partial charge in [0.15, 0.2) is 0 Å². The van der Waals surface area contributed by atoms with Crippen LogP contribution in [0.3, 0.4) is 0 Å². The molecule has 0 atom stereocenters. The maximum atomic E-state index is 6.11. The summed E-state index contributed by atoms with van der Waals surface area (Å²) in [6.07, 6.45) is 0. The summed E-state index contributed by atoms with van der Waals surface area (Å²) in [5.74, 6) is 0. The Hall–Kier alpha value is -0.700. The van der Waals surface area contributed by atoms with Crippen LogP contribution in [-0.4, -0.2) is 9.78 Å². The number of hydrogen-bond acceptors (Lipinski definition) is 1. The van der Waals surface area contributed by atoms with Gasteiger partial charge in [-0.15, -0.1) is 0 Å². The van der Waals surface area contributed by atoms with Gasteiger partial charge >= 0.3 is 0 Å². The fourth-order valence-corrected chi connectivity index (χ4v) is 2.17. The van der Waals surface area contributed by atoms with Crippen molar-refractivity contribution in [2.45, 2.75) is 13.8 Å². The first-order valence-electron chi connectivity index (χ1n) is 4.67. The van der Waals surface area contributed by atoms with Crippen molar-refractivity contribution in [3.8, 4) is 5.69 Å². The highest BCUT2D eigenvalue weighted by Gasteiger charge is 2.10. The lowest BCUT2D eigenvalue weighted by atomic mass is 10.3. The molecule has 0 saturated heterocycles. The third-order valence-electron chi connectivity index (χ3n) is 2.23. The smallest absolute Gasteiger partial charge is 0.0850 e. The molecule has 2 rings (SSSR count). The Balaban J connectivity index is 2.64. The van der Waals surface area contributed by atoms with Crippen LogP contribution in [0.25, 0.3) is 5.69 Å². The molecular formula is C11H9Cl3N2. The molecule has 0 bridgehead atoms. The van der Waals surface area contributed by atoms with E-state index < -0.39 is 0 Å². The largest absolute Gasteiger partial charge is 0.236 e. The molecule has 0 fully saturated rings. The fraction of sp³-hybridized carbons (Fsp3) is 0.182. The first-order valence-corrected chi connectivity index (χ1v) is 5.80. The Bertz CT molecular complexity index is 546. The molecule has 0 amide bonds. The molecule has 0 unspecified atom stereocenters. The van der Waals surface area contributed by atoms with Gasteiger partial charge in [-0.05, 0) is 32.0 Å². The minimum Gasteiger partial charge on any atom is -0.236 e. The molecule has 0 aliphatic rings. The molecule has 0 saturated carbocycles. The Morgan fingerprint density at radius 1 is 0.938 bits per heavy atom. The minimum atomic E-state index is 0.442. The van der Waals surface area contributed by atoms with Crippen molar-refractivity contribution >= 4 is 34.8 Å². The number of aromatic nitrogens is 2. The van der Waals surface area contributed by atoms with Gasteiger partial charge < -0.3 is 0 Å². The molecule has 16 heavy (non-hydrogen) atoms. The van der Waals surface area contributed by atoms with E-state index in [1.165, 1.54) is 0 Å². The van der Waals surface area contributed by atoms with Gasteiger partial charge in [0.2, 0.25) is 0 Å². The van der Waals surface area contributed by atoms with E-state index >= 15 is 0 Å². The van der Waals surface area contributed by atoms with Gasteiger partial charge in [-0.3, -0.25) is 0 Å². The van der Waals surface area contributed by atoms with Crippen LogP contribution in [0.15, 0.2) is 18.2 Å². The summed E-state index contributed by atoms with van der Waals surface area (Å²) in [6, 6.07) is 5.31. The molecule has 1 aromatic carbocycles. The molecule has 0 spiro atoms. The minimum absolute atomic E-state index is 0.442. The van der Waals surface area contributed by atoms with Crippen molar-refractivity contribution in [3.63, 3.8) is 0 Å². The molecule has 84 valence electrons. The van der Waals surface area contributed by atoms with Gasteiger partial charge in [0, 0.05) is 5.69 Å². The lowest BCUT2D eigenvalue weighted by molar-refractivity contribution is 0.834. The van der Waals surface area contributed by atoms with Crippen molar-refractivity contribution in [2.24, 2.45) is 0 Å². The predicted molar refractivity (Wildman–Crippen MR) is 68.1 cm³/mol. The van der Waals surface area contributed by atoms with E-state index in [-0.39, 0.29) is 0 Å². The topological polar surface area (TPSA) is 17.8 Å². The first-order chi connectivity index (χ1) is 7.49. The standard InChI is InChI=1S/C11H9Cl3N2/c1-6-3-7(2)16(15-6)11-5-9(13)8(12)4-10(11)14/h3-5H,1-2H3. The van der Waals surface area contributed by atoms with E-state index in [1.54, 1.807) is 16.8 Å². The second kappa shape index (κ2) is 4.28. The van der Waals surface area contributed by atoms with Gasteiger partial charge in [0.05, 0.1) is 26.4 Å². The van der Waals surface area contributed by atoms with Crippen molar-refractivity contribution < 1.29 is 0 Å². The maximum absolute atomic E-state index is 6.11. The van der Waals surface area contributed by atoms with Crippen LogP contribution in [-0.2, 0) is 0 Å². The SMILES string of the molecule is Cc1cc(C)n(-c2cc(Cl)c(Cl)cc2Cl)n1. The van der Waals surface area contributed by atoms with Gasteiger partial charge in [-0.2, -0.15) is 5.10 Å². The van der Waals surface area contributed by atoms with Crippen LogP contribution in [0.5, 0.6) is 0 Å². The van der Waals surface area contributed by atoms with Crippen LogP contribution >= 0.6 is 34.8 Å². The van der Waals surface area contributed by atoms with Crippen LogP contribution in [0.1, 0.15) is 11.4 Å². The molecular weight excluding hydrogens is 266 g/mol. The average molecular weight is 276 g/mol. The highest BCUT2D eigenvalue weighted by Crippen LogP contribution is 2.31. The normalized spacial score (nSPS) is 10.8. The van der Waals surface area contributed by atoms with Gasteiger partial charge in [-0.25, -0.2) is 4.68 Å². The Labute approximate surface area is 109 Å². The van der Waals surface area contributed by atoms with E-state index in [4.69, 9.17) is 34.8 Å². The van der Waals surface area contributed by atoms with Crippen molar-refractivity contribution in [3.05, 3.63) is 44.7 Å². The van der Waals surface area contributed by atoms with Crippen LogP contribution in [0.2, 0.25) is 15.1 Å². The Kier molecular flexibility index (Phi) is 3.15. The molecule has 2 aromatic rings. The summed E-state index contributed by atoms with van der Waals surface area (Å²) in [5, 5.41) is 5.78. The molecule has 0 N–H and O–H groups in total. The second-order valence-corrected chi connectivity index (χ2v) is 4.78. The lowest BCUT2D eigenvalue weighted by Gasteiger charge is -2.08. The van der Waals surface area contributed by atoms with E-state index in [1.807, 2.05) is 19.9 Å². The maximum Gasteiger partial charge on any atom is 0.0850 e. The zero-order chi connectivity index (χ0) is 11.9. The Morgan fingerprint density at radius 3 is 2.12 bits per heavy atom. The van der Waals surface area contributed by atoms with E-state index in [0.717, 1.165) is 17.1 Å². The predicted octanol–water partition coefficient (Wildman–Crippen LogP) is 4.45. The van der Waals surface area contributed by atoms with Crippen LogP contribution in [0.4, 0.5) is 0 Å². The number of aryl methyl sites for hydroxylation is 2. The van der Waals surface area contributed by atoms with Gasteiger partial charge in [0.25, 0.3) is 0 Å². The van der Waals surface area contributed by atoms with Crippen molar-refractivity contribution in [2.75, 3.05) is 0 Å². The van der Waals surface area contributed by atoms with Crippen molar-refractivity contribution in [1.29, 1.82) is 0 Å². The highest BCUT2D eigenvalue weighted by molar-refractivity contribution is 6.43. The summed E-state index contributed by atoms with van der Waals surface area (Å²) in [6.45, 7) is 3.88. The van der Waals surface area contributed by atoms with E-state index in [0.29, 0.717) is 15.1 Å². The third kappa shape index (κ3) is 2.05. The van der Waals surface area contributed by atoms with Gasteiger partial charge in [-0.1, -0.05) is 34.8 Å². The monoisotopic (exact) mass is 274 g/mol. The summed E-state index contributed by atoms with van der Waals surface area (Å²) in [5.41, 5.74) is 2.67. The number of hydrogen-bond donors (Lipinski definition) is 0. The number of halogens is 3. The highest BCUT2D eigenvalue weighted by atomic mass is 35.5. The Morgan fingerprint density at radius 2 is 1.56 bits per heavy atom. The van der Waals surface area contributed by atoms with E-state index in [2.05, 4.69) is 5.10 Å². The van der Waals surface area contributed by atoms with Crippen LogP contribution < -0.4 is 0 Å². The number of nitrogens with zero attached hydrogens (tertiary/aromatic N) is 2. The zero-order valence-electron chi connectivity index (χ0n) is 8.76. The molecule has 0 aliphatic heterocycles. The third-order valence-corrected chi connectivity index (χ3v) is 3.25. The number of rotatable bonds is 1. The number of benzene rings is 1. The molecule has 2 nitrogen and oxygen atoms in total. The summed E-state index contributed by atoms with van der Waals surface area (Å²) in [4.78, 5) is 0. The molecule has 1 aromatic heterocycles. The summed E-state index contributed by atoms with van der Waals surface area (Å²) in [7, 11) is 0. The quantitative estimate of drug-likeness (QED) is 0.703. The molecule has 0 aliphatic carbocycles. The zero-order valence-corrected chi connectivity index (χ0v) is 11.0. The molecule has 1 heterocycles.